The van der Waals surface area contributed by atoms with Crippen LogP contribution >= 0.6 is 0 Å². The molecule has 1 heterocycles. The van der Waals surface area contributed by atoms with Crippen molar-refractivity contribution in [1.82, 2.24) is 4.90 Å². The number of piperidine rings is 1. The molecule has 3 saturated carbocycles. The Bertz CT molecular complexity index is 876. The van der Waals surface area contributed by atoms with E-state index in [-0.39, 0.29) is 28.8 Å². The molecule has 7 atom stereocenters. The second kappa shape index (κ2) is 9.30. The van der Waals surface area contributed by atoms with Crippen LogP contribution in [0, 0.1) is 39.9 Å². The number of carbonyl (C=O) groups is 2. The van der Waals surface area contributed by atoms with Gasteiger partial charge < -0.3 is 9.64 Å². The van der Waals surface area contributed by atoms with E-state index in [9.17, 15) is 9.59 Å². The molecule has 0 aromatic rings. The van der Waals surface area contributed by atoms with Gasteiger partial charge in [0.25, 0.3) is 0 Å². The molecule has 0 radical (unpaired) electrons. The molecule has 0 bridgehead atoms. The van der Waals surface area contributed by atoms with Crippen LogP contribution in [0.3, 0.4) is 0 Å². The number of hydrogen-bond acceptors (Lipinski definition) is 4. The van der Waals surface area contributed by atoms with Crippen LogP contribution in [0.4, 0.5) is 0 Å². The van der Waals surface area contributed by atoms with E-state index in [1.807, 2.05) is 6.92 Å². The summed E-state index contributed by atoms with van der Waals surface area (Å²) < 4.78 is 6.05. The molecule has 4 fully saturated rings. The molecule has 4 heteroatoms. The van der Waals surface area contributed by atoms with Crippen molar-refractivity contribution in [2.24, 2.45) is 39.9 Å². The average molecular weight is 484 g/mol. The van der Waals surface area contributed by atoms with Gasteiger partial charge in [-0.1, -0.05) is 39.3 Å². The number of likely N-dealkylation sites (tertiary alicyclic amines) is 1. The number of nitrogens with zero attached hydrogens (tertiary/aromatic N) is 1. The van der Waals surface area contributed by atoms with Gasteiger partial charge in [-0.3, -0.25) is 9.59 Å². The third-order valence-electron chi connectivity index (χ3n) is 11.5. The predicted octanol–water partition coefficient (Wildman–Crippen LogP) is 6.58. The summed E-state index contributed by atoms with van der Waals surface area (Å²) in [6.45, 7) is 14.5. The molecule has 0 N–H and O–H groups in total. The van der Waals surface area contributed by atoms with Crippen LogP contribution in [-0.4, -0.2) is 42.4 Å². The number of rotatable bonds is 5. The van der Waals surface area contributed by atoms with E-state index in [0.717, 1.165) is 63.6 Å². The Morgan fingerprint density at radius 2 is 1.83 bits per heavy atom. The van der Waals surface area contributed by atoms with E-state index < -0.39 is 0 Å². The largest absolute Gasteiger partial charge is 0.462 e. The van der Waals surface area contributed by atoms with Crippen LogP contribution in [-0.2, 0) is 14.3 Å². The van der Waals surface area contributed by atoms with Crippen molar-refractivity contribution in [2.75, 3.05) is 19.6 Å². The topological polar surface area (TPSA) is 46.6 Å². The first-order chi connectivity index (χ1) is 16.5. The molecule has 4 nitrogen and oxygen atoms in total. The van der Waals surface area contributed by atoms with E-state index in [4.69, 9.17) is 4.74 Å². The van der Waals surface area contributed by atoms with Crippen LogP contribution in [0.2, 0.25) is 0 Å². The minimum Gasteiger partial charge on any atom is -0.462 e. The van der Waals surface area contributed by atoms with Crippen molar-refractivity contribution in [3.05, 3.63) is 11.6 Å². The Morgan fingerprint density at radius 3 is 2.57 bits per heavy atom. The number of esters is 1. The average Bonchev–Trinajstić information content (AvgIpc) is 3.15. The van der Waals surface area contributed by atoms with Gasteiger partial charge in [0.2, 0.25) is 0 Å². The van der Waals surface area contributed by atoms with Gasteiger partial charge in [0.1, 0.15) is 11.9 Å². The van der Waals surface area contributed by atoms with E-state index in [2.05, 4.69) is 38.7 Å². The molecule has 35 heavy (non-hydrogen) atoms. The summed E-state index contributed by atoms with van der Waals surface area (Å²) in [5.41, 5.74) is 2.39. The lowest BCUT2D eigenvalue weighted by atomic mass is 9.47. The molecule has 5 rings (SSSR count). The van der Waals surface area contributed by atoms with Crippen molar-refractivity contribution in [3.8, 4) is 0 Å². The van der Waals surface area contributed by atoms with E-state index in [1.165, 1.54) is 32.1 Å². The van der Waals surface area contributed by atoms with E-state index in [1.54, 1.807) is 5.57 Å². The SMILES string of the molecule is CC(=O)[C@H]1CC[C@H]2[C@@H]3CC=C4C[C@@H](OC(=O)CCN5CCCC(C)(C)C5)CC[C@]4(C)[C@H]3CC[C@]12C. The highest BCUT2D eigenvalue weighted by molar-refractivity contribution is 5.79. The molecule has 0 aromatic carbocycles. The Labute approximate surface area is 213 Å². The smallest absolute Gasteiger partial charge is 0.307 e. The lowest BCUT2D eigenvalue weighted by Crippen LogP contribution is -2.51. The van der Waals surface area contributed by atoms with Gasteiger partial charge in [0.15, 0.2) is 0 Å². The Hall–Kier alpha value is -1.16. The summed E-state index contributed by atoms with van der Waals surface area (Å²) in [7, 11) is 0. The van der Waals surface area contributed by atoms with E-state index >= 15 is 0 Å². The number of ketones is 1. The molecule has 0 spiro atoms. The number of hydrogen-bond donors (Lipinski definition) is 0. The fourth-order valence-electron chi connectivity index (χ4n) is 9.63. The molecule has 0 amide bonds. The number of allylic oxidation sites excluding steroid dienone is 1. The maximum absolute atomic E-state index is 12.7. The Morgan fingerprint density at radius 1 is 1.03 bits per heavy atom. The first-order valence-corrected chi connectivity index (χ1v) is 14.6. The van der Waals surface area contributed by atoms with Crippen LogP contribution < -0.4 is 0 Å². The molecule has 5 aliphatic rings. The Kier molecular flexibility index (Phi) is 6.77. The van der Waals surface area contributed by atoms with Crippen molar-refractivity contribution >= 4 is 11.8 Å². The summed E-state index contributed by atoms with van der Waals surface area (Å²) in [6, 6.07) is 0. The summed E-state index contributed by atoms with van der Waals surface area (Å²) >= 11 is 0. The quantitative estimate of drug-likeness (QED) is 0.327. The highest BCUT2D eigenvalue weighted by Gasteiger charge is 2.59. The second-order valence-electron chi connectivity index (χ2n) is 14.2. The third-order valence-corrected chi connectivity index (χ3v) is 11.5. The summed E-state index contributed by atoms with van der Waals surface area (Å²) in [4.78, 5) is 27.6. The predicted molar refractivity (Wildman–Crippen MR) is 140 cm³/mol. The summed E-state index contributed by atoms with van der Waals surface area (Å²) in [5.74, 6) is 2.83. The lowest BCUT2D eigenvalue weighted by molar-refractivity contribution is -0.152. The molecule has 1 saturated heterocycles. The van der Waals surface area contributed by atoms with Crippen molar-refractivity contribution in [3.63, 3.8) is 0 Å². The number of carbonyl (C=O) groups excluding carboxylic acids is 2. The maximum atomic E-state index is 12.7. The minimum absolute atomic E-state index is 0.00840. The normalized spacial score (nSPS) is 42.9. The fourth-order valence-corrected chi connectivity index (χ4v) is 9.63. The van der Waals surface area contributed by atoms with Gasteiger partial charge >= 0.3 is 5.97 Å². The fraction of sp³-hybridized carbons (Fsp3) is 0.871. The zero-order valence-corrected chi connectivity index (χ0v) is 23.0. The molecule has 0 unspecified atom stereocenters. The highest BCUT2D eigenvalue weighted by Crippen LogP contribution is 2.66. The molecular weight excluding hydrogens is 434 g/mol. The molecule has 196 valence electrons. The molecule has 1 aliphatic heterocycles. The van der Waals surface area contributed by atoms with E-state index in [0.29, 0.717) is 23.5 Å². The summed E-state index contributed by atoms with van der Waals surface area (Å²) in [6.07, 6.45) is 14.6. The highest BCUT2D eigenvalue weighted by atomic mass is 16.5. The minimum atomic E-state index is -0.00840. The number of fused-ring (bicyclic) bond motifs is 5. The first kappa shape index (κ1) is 25.5. The van der Waals surface area contributed by atoms with Gasteiger partial charge in [0, 0.05) is 25.4 Å². The third kappa shape index (κ3) is 4.66. The van der Waals surface area contributed by atoms with Gasteiger partial charge in [-0.05, 0) is 105 Å². The van der Waals surface area contributed by atoms with Gasteiger partial charge in [-0.15, -0.1) is 0 Å². The zero-order chi connectivity index (χ0) is 25.0. The molecule has 4 aliphatic carbocycles. The van der Waals surface area contributed by atoms with Crippen molar-refractivity contribution in [1.29, 1.82) is 0 Å². The summed E-state index contributed by atoms with van der Waals surface area (Å²) in [5, 5.41) is 0. The van der Waals surface area contributed by atoms with Crippen molar-refractivity contribution < 1.29 is 14.3 Å². The van der Waals surface area contributed by atoms with Crippen molar-refractivity contribution in [2.45, 2.75) is 111 Å². The van der Waals surface area contributed by atoms with Gasteiger partial charge in [0.05, 0.1) is 6.42 Å². The van der Waals surface area contributed by atoms with Crippen LogP contribution in [0.5, 0.6) is 0 Å². The van der Waals surface area contributed by atoms with Crippen LogP contribution in [0.25, 0.3) is 0 Å². The number of ether oxygens (including phenoxy) is 1. The maximum Gasteiger partial charge on any atom is 0.307 e. The van der Waals surface area contributed by atoms with Crippen LogP contribution in [0.1, 0.15) is 105 Å². The second-order valence-corrected chi connectivity index (χ2v) is 14.2. The monoisotopic (exact) mass is 483 g/mol. The van der Waals surface area contributed by atoms with Crippen LogP contribution in [0.15, 0.2) is 11.6 Å². The van der Waals surface area contributed by atoms with Gasteiger partial charge in [-0.25, -0.2) is 0 Å². The molecule has 0 aromatic heterocycles. The first-order valence-electron chi connectivity index (χ1n) is 14.6. The number of Topliss-reactive ketones (excluding diaryl/α,β-unsaturated/α-hetero) is 1. The van der Waals surface area contributed by atoms with Gasteiger partial charge in [-0.2, -0.15) is 0 Å². The standard InChI is InChI=1S/C31H49NO3/c1-21(33)25-9-10-26-24-8-7-22-19-23(11-15-30(22,4)27(24)12-16-31(25,26)5)35-28(34)13-18-32-17-6-14-29(2,3)20-32/h7,23-27H,6,8-20H2,1-5H3/t23-,24-,25+,26-,27-,30-,31+/m0/s1. The molecular formula is C31H49NO3. The zero-order valence-electron chi connectivity index (χ0n) is 23.0. The lowest BCUT2D eigenvalue weighted by Gasteiger charge is -2.58. The Balaban J connectivity index is 1.19.